The molecule has 2 nitrogen and oxygen atoms in total. The number of phenolic OH excluding ortho intramolecular Hbond substituents is 1. The van der Waals surface area contributed by atoms with Gasteiger partial charge in [0.05, 0.1) is 0 Å². The summed E-state index contributed by atoms with van der Waals surface area (Å²) in [5.41, 5.74) is 6.90. The molecule has 0 amide bonds. The highest BCUT2D eigenvalue weighted by atomic mass is 16.3. The molecule has 0 radical (unpaired) electrons. The minimum Gasteiger partial charge on any atom is -0.508 e. The van der Waals surface area contributed by atoms with Crippen molar-refractivity contribution in [3.05, 3.63) is 29.8 Å². The van der Waals surface area contributed by atoms with Crippen LogP contribution >= 0.6 is 0 Å². The van der Waals surface area contributed by atoms with Crippen LogP contribution in [0.2, 0.25) is 0 Å². The molecule has 0 unspecified atom stereocenters. The first-order chi connectivity index (χ1) is 6.27. The summed E-state index contributed by atoms with van der Waals surface area (Å²) in [6.45, 7) is 0. The third kappa shape index (κ3) is 1.68. The molecule has 1 aromatic rings. The standard InChI is InChI=1S/C11H15NO/c12-9-6-5-8(7-9)10-3-1-2-4-11(10)13/h1-4,8-9,13H,5-7,12H2/t8-,9-/m1/s1. The summed E-state index contributed by atoms with van der Waals surface area (Å²) in [4.78, 5) is 0. The molecule has 2 heteroatoms. The van der Waals surface area contributed by atoms with Gasteiger partial charge in [0, 0.05) is 6.04 Å². The van der Waals surface area contributed by atoms with E-state index in [9.17, 15) is 5.11 Å². The molecule has 1 aliphatic carbocycles. The fraction of sp³-hybridized carbons (Fsp3) is 0.455. The van der Waals surface area contributed by atoms with Crippen molar-refractivity contribution in [1.29, 1.82) is 0 Å². The highest BCUT2D eigenvalue weighted by Crippen LogP contribution is 2.37. The third-order valence-electron chi connectivity index (χ3n) is 2.85. The van der Waals surface area contributed by atoms with Crippen LogP contribution in [0.1, 0.15) is 30.7 Å². The Labute approximate surface area is 78.4 Å². The minimum atomic E-state index is 0.324. The molecule has 70 valence electrons. The van der Waals surface area contributed by atoms with Gasteiger partial charge in [-0.25, -0.2) is 0 Å². The van der Waals surface area contributed by atoms with Gasteiger partial charge in [-0.2, -0.15) is 0 Å². The highest BCUT2D eigenvalue weighted by Gasteiger charge is 2.24. The van der Waals surface area contributed by atoms with E-state index in [2.05, 4.69) is 0 Å². The molecule has 1 aliphatic rings. The Morgan fingerprint density at radius 1 is 1.23 bits per heavy atom. The zero-order valence-corrected chi connectivity index (χ0v) is 7.61. The van der Waals surface area contributed by atoms with Gasteiger partial charge in [0.25, 0.3) is 0 Å². The van der Waals surface area contributed by atoms with Gasteiger partial charge in [0.2, 0.25) is 0 Å². The molecule has 3 N–H and O–H groups in total. The predicted molar refractivity (Wildman–Crippen MR) is 52.7 cm³/mol. The van der Waals surface area contributed by atoms with E-state index >= 15 is 0 Å². The van der Waals surface area contributed by atoms with Crippen LogP contribution in [0.3, 0.4) is 0 Å². The molecule has 0 spiro atoms. The molecular formula is C11H15NO. The average Bonchev–Trinajstić information content (AvgIpc) is 2.53. The molecule has 2 rings (SSSR count). The second kappa shape index (κ2) is 3.38. The number of hydrogen-bond acceptors (Lipinski definition) is 2. The van der Waals surface area contributed by atoms with E-state index in [1.165, 1.54) is 0 Å². The summed E-state index contributed by atoms with van der Waals surface area (Å²) in [6.07, 6.45) is 3.20. The third-order valence-corrected chi connectivity index (χ3v) is 2.85. The fourth-order valence-electron chi connectivity index (χ4n) is 2.13. The first kappa shape index (κ1) is 8.57. The zero-order chi connectivity index (χ0) is 9.26. The average molecular weight is 177 g/mol. The summed E-state index contributed by atoms with van der Waals surface area (Å²) in [5.74, 6) is 0.887. The molecule has 1 fully saturated rings. The summed E-state index contributed by atoms with van der Waals surface area (Å²) in [7, 11) is 0. The Kier molecular flexibility index (Phi) is 2.23. The smallest absolute Gasteiger partial charge is 0.119 e. The van der Waals surface area contributed by atoms with Crippen molar-refractivity contribution in [3.8, 4) is 5.75 Å². The number of hydrogen-bond donors (Lipinski definition) is 2. The lowest BCUT2D eigenvalue weighted by Crippen LogP contribution is -2.14. The Morgan fingerprint density at radius 3 is 2.62 bits per heavy atom. The normalized spacial score (nSPS) is 27.8. The summed E-state index contributed by atoms with van der Waals surface area (Å²) >= 11 is 0. The van der Waals surface area contributed by atoms with E-state index in [0.717, 1.165) is 24.8 Å². The molecule has 1 aromatic carbocycles. The quantitative estimate of drug-likeness (QED) is 0.689. The van der Waals surface area contributed by atoms with Crippen LogP contribution in [0.5, 0.6) is 5.75 Å². The molecule has 0 aliphatic heterocycles. The van der Waals surface area contributed by atoms with Crippen LogP contribution in [0.4, 0.5) is 0 Å². The van der Waals surface area contributed by atoms with Crippen LogP contribution in [-0.2, 0) is 0 Å². The number of rotatable bonds is 1. The van der Waals surface area contributed by atoms with Gasteiger partial charge in [-0.05, 0) is 36.8 Å². The van der Waals surface area contributed by atoms with Gasteiger partial charge in [-0.15, -0.1) is 0 Å². The maximum atomic E-state index is 9.62. The van der Waals surface area contributed by atoms with E-state index in [0.29, 0.717) is 17.7 Å². The van der Waals surface area contributed by atoms with Crippen LogP contribution in [0.25, 0.3) is 0 Å². The Morgan fingerprint density at radius 2 is 2.00 bits per heavy atom. The summed E-state index contributed by atoms with van der Waals surface area (Å²) < 4.78 is 0. The maximum absolute atomic E-state index is 9.62. The first-order valence-electron chi connectivity index (χ1n) is 4.81. The SMILES string of the molecule is N[C@@H]1CC[C@@H](c2ccccc2O)C1. The van der Waals surface area contributed by atoms with E-state index in [1.807, 2.05) is 18.2 Å². The molecule has 2 atom stereocenters. The second-order valence-electron chi connectivity index (χ2n) is 3.83. The van der Waals surface area contributed by atoms with Crippen molar-refractivity contribution in [2.75, 3.05) is 0 Å². The van der Waals surface area contributed by atoms with Gasteiger partial charge >= 0.3 is 0 Å². The van der Waals surface area contributed by atoms with E-state index in [4.69, 9.17) is 5.73 Å². The van der Waals surface area contributed by atoms with Crippen molar-refractivity contribution in [3.63, 3.8) is 0 Å². The topological polar surface area (TPSA) is 46.2 Å². The van der Waals surface area contributed by atoms with Crippen LogP contribution in [-0.4, -0.2) is 11.1 Å². The van der Waals surface area contributed by atoms with Crippen molar-refractivity contribution < 1.29 is 5.11 Å². The molecule has 0 aromatic heterocycles. The van der Waals surface area contributed by atoms with Gasteiger partial charge in [0.15, 0.2) is 0 Å². The van der Waals surface area contributed by atoms with Crippen molar-refractivity contribution in [2.24, 2.45) is 5.73 Å². The van der Waals surface area contributed by atoms with Crippen molar-refractivity contribution >= 4 is 0 Å². The fourth-order valence-corrected chi connectivity index (χ4v) is 2.13. The van der Waals surface area contributed by atoms with Crippen LogP contribution < -0.4 is 5.73 Å². The van der Waals surface area contributed by atoms with Gasteiger partial charge in [-0.3, -0.25) is 0 Å². The van der Waals surface area contributed by atoms with Gasteiger partial charge < -0.3 is 10.8 Å². The molecule has 13 heavy (non-hydrogen) atoms. The number of aromatic hydroxyl groups is 1. The number of para-hydroxylation sites is 1. The lowest BCUT2D eigenvalue weighted by atomic mass is 9.97. The predicted octanol–water partition coefficient (Wildman–Crippen LogP) is 1.99. The Balaban J connectivity index is 2.21. The molecule has 0 saturated heterocycles. The summed E-state index contributed by atoms with van der Waals surface area (Å²) in [5, 5.41) is 9.62. The van der Waals surface area contributed by atoms with Gasteiger partial charge in [-0.1, -0.05) is 18.2 Å². The van der Waals surface area contributed by atoms with Crippen LogP contribution in [0.15, 0.2) is 24.3 Å². The van der Waals surface area contributed by atoms with Crippen molar-refractivity contribution in [1.82, 2.24) is 0 Å². The zero-order valence-electron chi connectivity index (χ0n) is 7.61. The highest BCUT2D eigenvalue weighted by molar-refractivity contribution is 5.35. The van der Waals surface area contributed by atoms with Gasteiger partial charge in [0.1, 0.15) is 5.75 Å². The Hall–Kier alpha value is -1.02. The van der Waals surface area contributed by atoms with Crippen molar-refractivity contribution in [2.45, 2.75) is 31.2 Å². The summed E-state index contributed by atoms with van der Waals surface area (Å²) in [6, 6.07) is 7.90. The monoisotopic (exact) mass is 177 g/mol. The molecule has 0 bridgehead atoms. The number of phenols is 1. The van der Waals surface area contributed by atoms with E-state index in [-0.39, 0.29) is 0 Å². The Bertz CT molecular complexity index is 298. The lowest BCUT2D eigenvalue weighted by molar-refractivity contribution is 0.460. The van der Waals surface area contributed by atoms with E-state index < -0.39 is 0 Å². The lowest BCUT2D eigenvalue weighted by Gasteiger charge is -2.11. The second-order valence-corrected chi connectivity index (χ2v) is 3.83. The molecular weight excluding hydrogens is 162 g/mol. The van der Waals surface area contributed by atoms with Crippen LogP contribution in [0, 0.1) is 0 Å². The maximum Gasteiger partial charge on any atom is 0.119 e. The largest absolute Gasteiger partial charge is 0.508 e. The molecule has 0 heterocycles. The number of benzene rings is 1. The minimum absolute atomic E-state index is 0.324. The number of nitrogens with two attached hydrogens (primary N) is 1. The van der Waals surface area contributed by atoms with E-state index in [1.54, 1.807) is 6.07 Å². The molecule has 1 saturated carbocycles. The first-order valence-corrected chi connectivity index (χ1v) is 4.81.